The average molecular weight is 403 g/mol. The van der Waals surface area contributed by atoms with Gasteiger partial charge < -0.3 is 4.90 Å². The molecule has 0 radical (unpaired) electrons. The highest BCUT2D eigenvalue weighted by Gasteiger charge is 2.67. The third-order valence-corrected chi connectivity index (χ3v) is 6.35. The van der Waals surface area contributed by atoms with Gasteiger partial charge >= 0.3 is 0 Å². The summed E-state index contributed by atoms with van der Waals surface area (Å²) in [5.41, 5.74) is -3.81. The number of non-ortho nitro benzene ring substituents is 1. The average Bonchev–Trinajstić information content (AvgIpc) is 3.17. The standard InChI is InChI=1S/C19H13N7O2S/c1-25(2)17-24-16-15(29-17)7-14(12-3-5-13(6-4-12)26(27)28)18(8-20,9-21)19(16,10-22)11-23/h3-7,14,16H,1-2H3/t14-,16-/m0/s1. The van der Waals surface area contributed by atoms with E-state index in [9.17, 15) is 31.2 Å². The van der Waals surface area contributed by atoms with Crippen molar-refractivity contribution < 1.29 is 4.92 Å². The van der Waals surface area contributed by atoms with Crippen LogP contribution in [0.15, 0.2) is 40.2 Å². The molecule has 1 heterocycles. The van der Waals surface area contributed by atoms with E-state index in [-0.39, 0.29) is 5.69 Å². The highest BCUT2D eigenvalue weighted by atomic mass is 32.2. The van der Waals surface area contributed by atoms with E-state index in [4.69, 9.17) is 0 Å². The molecule has 1 aromatic carbocycles. The van der Waals surface area contributed by atoms with Crippen molar-refractivity contribution in [3.63, 3.8) is 0 Å². The quantitative estimate of drug-likeness (QED) is 0.539. The van der Waals surface area contributed by atoms with Crippen molar-refractivity contribution in [3.8, 4) is 24.3 Å². The summed E-state index contributed by atoms with van der Waals surface area (Å²) in [6.07, 6.45) is 1.68. The molecule has 0 bridgehead atoms. The predicted molar refractivity (Wildman–Crippen MR) is 104 cm³/mol. The number of nitro benzene ring substituents is 1. The predicted octanol–water partition coefficient (Wildman–Crippen LogP) is 2.68. The second-order valence-corrected chi connectivity index (χ2v) is 7.81. The van der Waals surface area contributed by atoms with E-state index in [0.717, 1.165) is 0 Å². The minimum Gasteiger partial charge on any atom is -0.357 e. The number of nitrogens with zero attached hydrogens (tertiary/aromatic N) is 7. The van der Waals surface area contributed by atoms with Crippen LogP contribution in [0.2, 0.25) is 0 Å². The summed E-state index contributed by atoms with van der Waals surface area (Å²) >= 11 is 1.27. The number of hydrogen-bond donors (Lipinski definition) is 0. The molecule has 3 rings (SSSR count). The first kappa shape index (κ1) is 19.9. The van der Waals surface area contributed by atoms with Crippen LogP contribution in [0.3, 0.4) is 0 Å². The molecule has 9 nitrogen and oxygen atoms in total. The molecule has 142 valence electrons. The van der Waals surface area contributed by atoms with E-state index in [0.29, 0.717) is 15.6 Å². The van der Waals surface area contributed by atoms with Crippen LogP contribution in [-0.4, -0.2) is 35.1 Å². The van der Waals surface area contributed by atoms with E-state index < -0.39 is 27.7 Å². The molecule has 0 aromatic heterocycles. The number of aliphatic imine (C=N–C) groups is 1. The van der Waals surface area contributed by atoms with Crippen LogP contribution in [-0.2, 0) is 0 Å². The Morgan fingerprint density at radius 2 is 1.62 bits per heavy atom. The molecular weight excluding hydrogens is 390 g/mol. The van der Waals surface area contributed by atoms with Gasteiger partial charge in [0.15, 0.2) is 10.6 Å². The number of benzene rings is 1. The number of allylic oxidation sites excluding steroid dienone is 1. The third kappa shape index (κ3) is 2.63. The van der Waals surface area contributed by atoms with Gasteiger partial charge in [-0.25, -0.2) is 0 Å². The minimum absolute atomic E-state index is 0.144. The Labute approximate surface area is 170 Å². The Kier molecular flexibility index (Phi) is 4.76. The number of nitriles is 4. The Morgan fingerprint density at radius 1 is 1.07 bits per heavy atom. The van der Waals surface area contributed by atoms with E-state index in [1.165, 1.54) is 36.0 Å². The number of amidine groups is 1. The number of rotatable bonds is 2. The van der Waals surface area contributed by atoms with Crippen molar-refractivity contribution in [1.29, 1.82) is 21.0 Å². The molecule has 0 spiro atoms. The molecule has 0 N–H and O–H groups in total. The summed E-state index contributed by atoms with van der Waals surface area (Å²) in [5.74, 6) is -0.937. The van der Waals surface area contributed by atoms with E-state index >= 15 is 0 Å². The molecular formula is C19H13N7O2S. The van der Waals surface area contributed by atoms with Crippen LogP contribution in [0.5, 0.6) is 0 Å². The second-order valence-electron chi connectivity index (χ2n) is 6.77. The fourth-order valence-corrected chi connectivity index (χ4v) is 4.66. The Balaban J connectivity index is 2.29. The molecule has 0 amide bonds. The summed E-state index contributed by atoms with van der Waals surface area (Å²) in [6.45, 7) is 0. The Morgan fingerprint density at radius 3 is 2.07 bits per heavy atom. The monoisotopic (exact) mass is 403 g/mol. The van der Waals surface area contributed by atoms with Gasteiger partial charge in [-0.15, -0.1) is 0 Å². The highest BCUT2D eigenvalue weighted by molar-refractivity contribution is 8.17. The molecule has 0 saturated carbocycles. The van der Waals surface area contributed by atoms with Gasteiger partial charge in [-0.05, 0) is 5.56 Å². The lowest BCUT2D eigenvalue weighted by Gasteiger charge is -2.42. The molecule has 10 heteroatoms. The maximum atomic E-state index is 11.0. The van der Waals surface area contributed by atoms with Gasteiger partial charge in [0.1, 0.15) is 6.04 Å². The summed E-state index contributed by atoms with van der Waals surface area (Å²) in [7, 11) is 3.53. The Bertz CT molecular complexity index is 1080. The van der Waals surface area contributed by atoms with Crippen LogP contribution in [0, 0.1) is 66.3 Å². The molecule has 2 atom stereocenters. The lowest BCUT2D eigenvalue weighted by molar-refractivity contribution is -0.384. The number of fused-ring (bicyclic) bond motifs is 1. The van der Waals surface area contributed by atoms with Gasteiger partial charge in [0, 0.05) is 37.1 Å². The zero-order chi connectivity index (χ0) is 21.4. The van der Waals surface area contributed by atoms with Crippen LogP contribution in [0.25, 0.3) is 0 Å². The van der Waals surface area contributed by atoms with Crippen molar-refractivity contribution in [3.05, 3.63) is 50.9 Å². The lowest BCUT2D eigenvalue weighted by Crippen LogP contribution is -2.51. The van der Waals surface area contributed by atoms with Gasteiger partial charge in [-0.1, -0.05) is 30.0 Å². The van der Waals surface area contributed by atoms with Crippen molar-refractivity contribution in [2.75, 3.05) is 14.1 Å². The fourth-order valence-electron chi connectivity index (χ4n) is 3.57. The van der Waals surface area contributed by atoms with Gasteiger partial charge in [0.05, 0.1) is 29.2 Å². The first-order valence-corrected chi connectivity index (χ1v) is 9.16. The van der Waals surface area contributed by atoms with Crippen molar-refractivity contribution >= 4 is 22.6 Å². The van der Waals surface area contributed by atoms with Crippen LogP contribution < -0.4 is 0 Å². The first-order valence-electron chi connectivity index (χ1n) is 8.34. The SMILES string of the molecule is CN(C)C1=N[C@H]2C(=C[C@@H](c3ccc([N+](=O)[O-])cc3)C(C#N)(C#N)C2(C#N)C#N)S1. The van der Waals surface area contributed by atoms with Crippen molar-refractivity contribution in [2.45, 2.75) is 12.0 Å². The molecule has 1 aromatic rings. The van der Waals surface area contributed by atoms with Crippen LogP contribution in [0.1, 0.15) is 11.5 Å². The number of thioether (sulfide) groups is 1. The van der Waals surface area contributed by atoms with Crippen LogP contribution >= 0.6 is 11.8 Å². The minimum atomic E-state index is -2.05. The van der Waals surface area contributed by atoms with E-state index in [1.54, 1.807) is 25.1 Å². The summed E-state index contributed by atoms with van der Waals surface area (Å²) in [6, 6.07) is 12.2. The topological polar surface area (TPSA) is 154 Å². The summed E-state index contributed by atoms with van der Waals surface area (Å²) in [4.78, 5) is 17.2. The molecule has 0 unspecified atom stereocenters. The van der Waals surface area contributed by atoms with E-state index in [1.807, 2.05) is 24.3 Å². The molecule has 0 fully saturated rings. The molecule has 1 aliphatic carbocycles. The zero-order valence-electron chi connectivity index (χ0n) is 15.4. The Hall–Kier alpha value is -3.86. The van der Waals surface area contributed by atoms with Crippen molar-refractivity contribution in [1.82, 2.24) is 4.90 Å². The van der Waals surface area contributed by atoms with Gasteiger partial charge in [0.2, 0.25) is 5.41 Å². The number of hydrogen-bond acceptors (Lipinski definition) is 9. The molecule has 0 saturated heterocycles. The smallest absolute Gasteiger partial charge is 0.269 e. The van der Waals surface area contributed by atoms with Gasteiger partial charge in [-0.3, -0.25) is 15.1 Å². The molecule has 1 aliphatic heterocycles. The van der Waals surface area contributed by atoms with E-state index in [2.05, 4.69) is 4.99 Å². The fraction of sp³-hybridized carbons (Fsp3) is 0.316. The number of nitro groups is 1. The third-order valence-electron chi connectivity index (χ3n) is 5.10. The lowest BCUT2D eigenvalue weighted by atomic mass is 9.53. The van der Waals surface area contributed by atoms with Crippen LogP contribution in [0.4, 0.5) is 5.69 Å². The zero-order valence-corrected chi connectivity index (χ0v) is 16.2. The maximum absolute atomic E-state index is 11.0. The summed E-state index contributed by atoms with van der Waals surface area (Å²) in [5, 5.41) is 51.6. The highest BCUT2D eigenvalue weighted by Crippen LogP contribution is 2.60. The largest absolute Gasteiger partial charge is 0.357 e. The van der Waals surface area contributed by atoms with Crippen molar-refractivity contribution in [2.24, 2.45) is 15.8 Å². The summed E-state index contributed by atoms with van der Waals surface area (Å²) < 4.78 is 0. The first-order chi connectivity index (χ1) is 13.8. The molecule has 2 aliphatic rings. The van der Waals surface area contributed by atoms with Gasteiger partial charge in [0.25, 0.3) is 5.69 Å². The maximum Gasteiger partial charge on any atom is 0.269 e. The van der Waals surface area contributed by atoms with Gasteiger partial charge in [-0.2, -0.15) is 21.0 Å². The normalized spacial score (nSPS) is 23.1. The second kappa shape index (κ2) is 6.95. The molecule has 29 heavy (non-hydrogen) atoms.